The lowest BCUT2D eigenvalue weighted by Gasteiger charge is -2.34. The fourth-order valence-electron chi connectivity index (χ4n) is 3.42. The molecule has 2 nitrogen and oxygen atoms in total. The Morgan fingerprint density at radius 1 is 0.952 bits per heavy atom. The summed E-state index contributed by atoms with van der Waals surface area (Å²) in [7, 11) is 2.22. The van der Waals surface area contributed by atoms with Crippen molar-refractivity contribution in [1.82, 2.24) is 9.80 Å². The Balaban J connectivity index is 1.77. The Bertz CT molecular complexity index is 498. The molecule has 1 aliphatic heterocycles. The third kappa shape index (κ3) is 3.88. The summed E-state index contributed by atoms with van der Waals surface area (Å²) >= 11 is 6.03. The van der Waals surface area contributed by atoms with Gasteiger partial charge in [0.15, 0.2) is 0 Å². The highest BCUT2D eigenvalue weighted by atomic mass is 35.5. The summed E-state index contributed by atoms with van der Waals surface area (Å²) < 4.78 is 0. The molecule has 0 bridgehead atoms. The van der Waals surface area contributed by atoms with E-state index in [0.717, 1.165) is 11.6 Å². The number of halogens is 1. The molecule has 0 unspecified atom stereocenters. The van der Waals surface area contributed by atoms with E-state index in [-0.39, 0.29) is 0 Å². The first-order valence-electron chi connectivity index (χ1n) is 8.10. The first-order chi connectivity index (χ1) is 10.2. The lowest BCUT2D eigenvalue weighted by molar-refractivity contribution is 0.163. The maximum atomic E-state index is 6.03. The second kappa shape index (κ2) is 6.95. The highest BCUT2D eigenvalue weighted by molar-refractivity contribution is 6.30. The molecule has 2 aliphatic rings. The molecule has 1 saturated heterocycles. The molecule has 1 fully saturated rings. The highest BCUT2D eigenvalue weighted by Crippen LogP contribution is 2.33. The zero-order chi connectivity index (χ0) is 14.7. The Hall–Kier alpha value is -0.830. The minimum Gasteiger partial charge on any atom is -0.304 e. The van der Waals surface area contributed by atoms with Crippen molar-refractivity contribution >= 4 is 17.2 Å². The molecule has 1 aliphatic carbocycles. The minimum absolute atomic E-state index is 0.829. The Kier molecular flexibility index (Phi) is 4.99. The molecule has 0 atom stereocenters. The Labute approximate surface area is 133 Å². The van der Waals surface area contributed by atoms with Crippen LogP contribution in [0.3, 0.4) is 0 Å². The first kappa shape index (κ1) is 15.1. The van der Waals surface area contributed by atoms with Crippen LogP contribution in [0.1, 0.15) is 31.2 Å². The molecule has 1 heterocycles. The second-order valence-corrected chi connectivity index (χ2v) is 6.81. The molecule has 1 aromatic carbocycles. The average molecular weight is 305 g/mol. The summed E-state index contributed by atoms with van der Waals surface area (Å²) in [5.41, 5.74) is 4.62. The molecule has 21 heavy (non-hydrogen) atoms. The van der Waals surface area contributed by atoms with Crippen molar-refractivity contribution in [2.45, 2.75) is 25.7 Å². The van der Waals surface area contributed by atoms with Gasteiger partial charge in [-0.2, -0.15) is 0 Å². The van der Waals surface area contributed by atoms with Crippen molar-refractivity contribution in [2.24, 2.45) is 0 Å². The largest absolute Gasteiger partial charge is 0.304 e. The van der Waals surface area contributed by atoms with Crippen molar-refractivity contribution in [3.8, 4) is 0 Å². The molecule has 0 aromatic heterocycles. The number of likely N-dealkylation sites (N-methyl/N-ethyl adjacent to an activating group) is 1. The van der Waals surface area contributed by atoms with Crippen molar-refractivity contribution in [3.63, 3.8) is 0 Å². The van der Waals surface area contributed by atoms with Gasteiger partial charge < -0.3 is 4.90 Å². The quantitative estimate of drug-likeness (QED) is 0.835. The molecule has 0 saturated carbocycles. The summed E-state index contributed by atoms with van der Waals surface area (Å²) in [4.78, 5) is 5.04. The van der Waals surface area contributed by atoms with Gasteiger partial charge in [0, 0.05) is 37.7 Å². The number of piperazine rings is 1. The number of hydrogen-bond acceptors (Lipinski definition) is 2. The number of benzene rings is 1. The van der Waals surface area contributed by atoms with E-state index in [4.69, 9.17) is 11.6 Å². The van der Waals surface area contributed by atoms with Crippen LogP contribution in [0, 0.1) is 0 Å². The number of rotatable bonds is 3. The third-order valence-corrected chi connectivity index (χ3v) is 5.04. The molecular formula is C18H25ClN2. The van der Waals surface area contributed by atoms with Crippen molar-refractivity contribution in [3.05, 3.63) is 40.4 Å². The van der Waals surface area contributed by atoms with Crippen molar-refractivity contribution in [1.29, 1.82) is 0 Å². The minimum atomic E-state index is 0.829. The van der Waals surface area contributed by atoms with Crippen molar-refractivity contribution < 1.29 is 0 Å². The molecule has 0 N–H and O–H groups in total. The van der Waals surface area contributed by atoms with Crippen LogP contribution in [0.2, 0.25) is 5.02 Å². The van der Waals surface area contributed by atoms with Gasteiger partial charge in [-0.05, 0) is 56.0 Å². The van der Waals surface area contributed by atoms with Gasteiger partial charge in [0.05, 0.1) is 0 Å². The van der Waals surface area contributed by atoms with Crippen LogP contribution in [-0.4, -0.2) is 49.6 Å². The molecule has 114 valence electrons. The van der Waals surface area contributed by atoms with Gasteiger partial charge in [-0.15, -0.1) is 0 Å². The smallest absolute Gasteiger partial charge is 0.0406 e. The SMILES string of the molecule is CN1CCN(CC2=C(c3ccc(Cl)cc3)CCCC2)CC1. The predicted octanol–water partition coefficient (Wildman–Crippen LogP) is 3.92. The zero-order valence-corrected chi connectivity index (χ0v) is 13.7. The van der Waals surface area contributed by atoms with Crippen LogP contribution < -0.4 is 0 Å². The Morgan fingerprint density at radius 3 is 2.33 bits per heavy atom. The number of hydrogen-bond donors (Lipinski definition) is 0. The lowest BCUT2D eigenvalue weighted by Crippen LogP contribution is -2.45. The van der Waals surface area contributed by atoms with E-state index in [1.807, 2.05) is 12.1 Å². The van der Waals surface area contributed by atoms with Gasteiger partial charge in [0.2, 0.25) is 0 Å². The maximum absolute atomic E-state index is 6.03. The van der Waals surface area contributed by atoms with Crippen LogP contribution >= 0.6 is 11.6 Å². The lowest BCUT2D eigenvalue weighted by atomic mass is 9.87. The van der Waals surface area contributed by atoms with E-state index >= 15 is 0 Å². The van der Waals surface area contributed by atoms with Gasteiger partial charge in [-0.25, -0.2) is 0 Å². The topological polar surface area (TPSA) is 6.48 Å². The molecule has 3 heteroatoms. The monoisotopic (exact) mass is 304 g/mol. The standard InChI is InChI=1S/C18H25ClN2/c1-20-10-12-21(13-11-20)14-16-4-2-3-5-18(16)15-6-8-17(19)9-7-15/h6-9H,2-5,10-14H2,1H3. The third-order valence-electron chi connectivity index (χ3n) is 4.79. The van der Waals surface area contributed by atoms with E-state index in [0.29, 0.717) is 0 Å². The fraction of sp³-hybridized carbons (Fsp3) is 0.556. The highest BCUT2D eigenvalue weighted by Gasteiger charge is 2.19. The summed E-state index contributed by atoms with van der Waals surface area (Å²) in [5.74, 6) is 0. The van der Waals surface area contributed by atoms with E-state index in [9.17, 15) is 0 Å². The summed E-state index contributed by atoms with van der Waals surface area (Å²) in [5, 5.41) is 0.829. The van der Waals surface area contributed by atoms with E-state index in [2.05, 4.69) is 29.0 Å². The second-order valence-electron chi connectivity index (χ2n) is 6.38. The van der Waals surface area contributed by atoms with Gasteiger partial charge in [0.25, 0.3) is 0 Å². The molecule has 0 spiro atoms. The Morgan fingerprint density at radius 2 is 1.62 bits per heavy atom. The van der Waals surface area contributed by atoms with Gasteiger partial charge in [0.1, 0.15) is 0 Å². The van der Waals surface area contributed by atoms with E-state index in [1.165, 1.54) is 57.4 Å². The molecule has 0 amide bonds. The van der Waals surface area contributed by atoms with Gasteiger partial charge in [-0.3, -0.25) is 4.90 Å². The summed E-state index contributed by atoms with van der Waals surface area (Å²) in [6, 6.07) is 8.41. The van der Waals surface area contributed by atoms with Crippen LogP contribution in [0.15, 0.2) is 29.8 Å². The summed E-state index contributed by atoms with van der Waals surface area (Å²) in [6.45, 7) is 5.96. The fourth-order valence-corrected chi connectivity index (χ4v) is 3.54. The molecule has 3 rings (SSSR count). The van der Waals surface area contributed by atoms with Crippen LogP contribution in [0.25, 0.3) is 5.57 Å². The molecular weight excluding hydrogens is 280 g/mol. The maximum Gasteiger partial charge on any atom is 0.0406 e. The first-order valence-corrected chi connectivity index (χ1v) is 8.48. The van der Waals surface area contributed by atoms with Gasteiger partial charge >= 0.3 is 0 Å². The van der Waals surface area contributed by atoms with Crippen molar-refractivity contribution in [2.75, 3.05) is 39.8 Å². The van der Waals surface area contributed by atoms with Gasteiger partial charge in [-0.1, -0.05) is 29.3 Å². The van der Waals surface area contributed by atoms with E-state index < -0.39 is 0 Å². The van der Waals surface area contributed by atoms with E-state index in [1.54, 1.807) is 11.1 Å². The molecule has 1 aromatic rings. The number of nitrogens with zero attached hydrogens (tertiary/aromatic N) is 2. The summed E-state index contributed by atoms with van der Waals surface area (Å²) in [6.07, 6.45) is 5.17. The predicted molar refractivity (Wildman–Crippen MR) is 90.8 cm³/mol. The normalized spacial score (nSPS) is 21.8. The zero-order valence-electron chi connectivity index (χ0n) is 12.9. The average Bonchev–Trinajstić information content (AvgIpc) is 2.51. The number of allylic oxidation sites excluding steroid dienone is 1. The molecule has 0 radical (unpaired) electrons. The van der Waals surface area contributed by atoms with Crippen LogP contribution in [0.4, 0.5) is 0 Å². The van der Waals surface area contributed by atoms with Crippen LogP contribution in [-0.2, 0) is 0 Å². The van der Waals surface area contributed by atoms with Crippen LogP contribution in [0.5, 0.6) is 0 Å².